The molecule has 3 aliphatic heterocycles. The van der Waals surface area contributed by atoms with Crippen molar-refractivity contribution in [2.24, 2.45) is 5.92 Å². The Morgan fingerprint density at radius 2 is 1.95 bits per heavy atom. The summed E-state index contributed by atoms with van der Waals surface area (Å²) in [6.07, 6.45) is -0.335. The molecule has 1 aliphatic carbocycles. The SMILES string of the molecule is O=C(O)c1ccc2c3n(nc2c1)[C@@H]1[C@H](CO3)N(CC2CC2(F)F)[C@@]2(C(=O)Nc3cc(Cl)ccc32)[C@H]1c1cccc(Cl)c1F. The second-order valence-corrected chi connectivity index (χ2v) is 12.3. The van der Waals surface area contributed by atoms with Gasteiger partial charge in [-0.15, -0.1) is 0 Å². The first-order chi connectivity index (χ1) is 20.5. The maximum Gasteiger partial charge on any atom is 0.335 e. The summed E-state index contributed by atoms with van der Waals surface area (Å²) in [6.45, 7) is -0.175. The predicted octanol–water partition coefficient (Wildman–Crippen LogP) is 6.08. The summed E-state index contributed by atoms with van der Waals surface area (Å²) in [7, 11) is 0. The largest absolute Gasteiger partial charge is 0.478 e. The Balaban J connectivity index is 1.43. The van der Waals surface area contributed by atoms with Crippen molar-refractivity contribution in [1.82, 2.24) is 14.7 Å². The van der Waals surface area contributed by atoms with Crippen molar-refractivity contribution in [3.05, 3.63) is 87.2 Å². The first-order valence-corrected chi connectivity index (χ1v) is 14.4. The number of carboxylic acid groups (broad SMARTS) is 1. The van der Waals surface area contributed by atoms with Crippen LogP contribution in [0.15, 0.2) is 54.6 Å². The number of fused-ring (bicyclic) bond motifs is 7. The number of alkyl halides is 2. The smallest absolute Gasteiger partial charge is 0.335 e. The Kier molecular flexibility index (Phi) is 5.53. The van der Waals surface area contributed by atoms with E-state index in [1.165, 1.54) is 18.2 Å². The third-order valence-corrected chi connectivity index (χ3v) is 9.81. The van der Waals surface area contributed by atoms with Crippen LogP contribution in [-0.2, 0) is 10.3 Å². The van der Waals surface area contributed by atoms with Crippen LogP contribution in [0.3, 0.4) is 0 Å². The summed E-state index contributed by atoms with van der Waals surface area (Å²) in [5, 5.41) is 17.9. The van der Waals surface area contributed by atoms with E-state index in [0.29, 0.717) is 33.1 Å². The van der Waals surface area contributed by atoms with E-state index in [1.807, 2.05) is 0 Å². The Morgan fingerprint density at radius 3 is 2.70 bits per heavy atom. The van der Waals surface area contributed by atoms with E-state index < -0.39 is 53.1 Å². The van der Waals surface area contributed by atoms with E-state index in [9.17, 15) is 23.5 Å². The van der Waals surface area contributed by atoms with Gasteiger partial charge in [0, 0.05) is 41.1 Å². The molecule has 2 fully saturated rings. The second kappa shape index (κ2) is 8.87. The second-order valence-electron chi connectivity index (χ2n) is 11.5. The Bertz CT molecular complexity index is 1900. The van der Waals surface area contributed by atoms with Crippen LogP contribution in [0.1, 0.15) is 39.9 Å². The van der Waals surface area contributed by atoms with Crippen molar-refractivity contribution < 1.29 is 32.6 Å². The Morgan fingerprint density at radius 1 is 1.16 bits per heavy atom. The third-order valence-electron chi connectivity index (χ3n) is 9.29. The molecule has 43 heavy (non-hydrogen) atoms. The summed E-state index contributed by atoms with van der Waals surface area (Å²) in [4.78, 5) is 27.8. The summed E-state index contributed by atoms with van der Waals surface area (Å²) < 4.78 is 52.9. The zero-order valence-corrected chi connectivity index (χ0v) is 23.5. The summed E-state index contributed by atoms with van der Waals surface area (Å²) >= 11 is 12.6. The molecule has 4 aromatic rings. The molecule has 1 saturated carbocycles. The van der Waals surface area contributed by atoms with Crippen molar-refractivity contribution in [2.75, 3.05) is 18.5 Å². The standard InChI is InChI=1S/C30H21Cl2F3N4O4/c31-15-5-7-18-21(9-15)36-28(42)30(18)23(17-2-1-3-19(32)24(17)33)25-22(38(30)11-14-10-29(14,34)35)12-43-26-16-6-4-13(27(40)41)8-20(16)37-39(25)26/h1-9,14,22-23,25H,10-12H2,(H,36,42)(H,40,41)/t14?,22-,23-,25+,30+/m0/s1. The van der Waals surface area contributed by atoms with Crippen LogP contribution in [0.25, 0.3) is 10.9 Å². The van der Waals surface area contributed by atoms with Gasteiger partial charge in [-0.05, 0) is 42.0 Å². The van der Waals surface area contributed by atoms with E-state index in [0.717, 1.165) is 0 Å². The fraction of sp³-hybridized carbons (Fsp3) is 0.300. The number of anilines is 1. The molecule has 3 aromatic carbocycles. The molecule has 4 aliphatic rings. The molecule has 0 radical (unpaired) electrons. The average molecular weight is 629 g/mol. The molecule has 5 atom stereocenters. The molecular formula is C30H21Cl2F3N4O4. The van der Waals surface area contributed by atoms with Crippen LogP contribution in [0.5, 0.6) is 5.88 Å². The number of carboxylic acids is 1. The van der Waals surface area contributed by atoms with Crippen LogP contribution in [-0.4, -0.2) is 56.8 Å². The zero-order chi connectivity index (χ0) is 30.0. The highest BCUT2D eigenvalue weighted by atomic mass is 35.5. The number of nitrogens with one attached hydrogen (secondary N) is 1. The van der Waals surface area contributed by atoms with Gasteiger partial charge in [0.1, 0.15) is 18.0 Å². The minimum atomic E-state index is -2.90. The molecule has 1 unspecified atom stereocenters. The number of carbonyl (C=O) groups excluding carboxylic acids is 1. The van der Waals surface area contributed by atoms with Crippen LogP contribution in [0.4, 0.5) is 18.9 Å². The normalized spacial score (nSPS) is 28.3. The van der Waals surface area contributed by atoms with E-state index >= 15 is 4.39 Å². The van der Waals surface area contributed by atoms with Crippen molar-refractivity contribution in [1.29, 1.82) is 0 Å². The van der Waals surface area contributed by atoms with Gasteiger partial charge in [-0.2, -0.15) is 5.10 Å². The number of aromatic carboxylic acids is 1. The fourth-order valence-electron chi connectivity index (χ4n) is 7.35. The number of ether oxygens (including phenoxy) is 1. The molecule has 1 saturated heterocycles. The maximum absolute atomic E-state index is 16.1. The topological polar surface area (TPSA) is 96.7 Å². The lowest BCUT2D eigenvalue weighted by molar-refractivity contribution is -0.128. The quantitative estimate of drug-likeness (QED) is 0.284. The lowest BCUT2D eigenvalue weighted by Crippen LogP contribution is -2.54. The van der Waals surface area contributed by atoms with Gasteiger partial charge in [0.25, 0.3) is 5.92 Å². The number of hydrogen-bond acceptors (Lipinski definition) is 5. The van der Waals surface area contributed by atoms with Gasteiger partial charge in [0.2, 0.25) is 11.8 Å². The van der Waals surface area contributed by atoms with Gasteiger partial charge in [-0.1, -0.05) is 41.4 Å². The van der Waals surface area contributed by atoms with Crippen molar-refractivity contribution in [3.8, 4) is 5.88 Å². The highest BCUT2D eigenvalue weighted by Gasteiger charge is 2.71. The number of carbonyl (C=O) groups is 2. The van der Waals surface area contributed by atoms with Crippen LogP contribution < -0.4 is 10.1 Å². The molecule has 220 valence electrons. The highest BCUT2D eigenvalue weighted by molar-refractivity contribution is 6.31. The van der Waals surface area contributed by atoms with Gasteiger partial charge < -0.3 is 15.2 Å². The monoisotopic (exact) mass is 628 g/mol. The van der Waals surface area contributed by atoms with Crippen molar-refractivity contribution in [2.45, 2.75) is 35.9 Å². The van der Waals surface area contributed by atoms with E-state index in [2.05, 4.69) is 5.32 Å². The minimum absolute atomic E-state index is 0.0124. The summed E-state index contributed by atoms with van der Waals surface area (Å²) in [5.41, 5.74) is -0.341. The van der Waals surface area contributed by atoms with Gasteiger partial charge >= 0.3 is 5.97 Å². The first-order valence-electron chi connectivity index (χ1n) is 13.6. The number of benzene rings is 3. The molecule has 0 bridgehead atoms. The number of aromatic nitrogens is 2. The van der Waals surface area contributed by atoms with Gasteiger partial charge in [-0.25, -0.2) is 22.6 Å². The molecule has 1 aromatic heterocycles. The highest BCUT2D eigenvalue weighted by Crippen LogP contribution is 2.64. The zero-order valence-electron chi connectivity index (χ0n) is 22.0. The Hall–Kier alpha value is -3.80. The van der Waals surface area contributed by atoms with Gasteiger partial charge in [0.15, 0.2) is 0 Å². The molecule has 1 amide bonds. The van der Waals surface area contributed by atoms with E-state index in [1.54, 1.807) is 46.0 Å². The average Bonchev–Trinajstić information content (AvgIpc) is 3.23. The summed E-state index contributed by atoms with van der Waals surface area (Å²) in [6, 6.07) is 12.3. The van der Waals surface area contributed by atoms with Crippen LogP contribution >= 0.6 is 23.2 Å². The number of likely N-dealkylation sites (tertiary alicyclic amines) is 1. The molecule has 4 heterocycles. The molecule has 8 nitrogen and oxygen atoms in total. The molecule has 2 N–H and O–H groups in total. The number of amides is 1. The summed E-state index contributed by atoms with van der Waals surface area (Å²) in [5.74, 6) is -7.01. The third kappa shape index (κ3) is 3.58. The molecular weight excluding hydrogens is 608 g/mol. The maximum atomic E-state index is 16.1. The minimum Gasteiger partial charge on any atom is -0.478 e. The number of hydrogen-bond donors (Lipinski definition) is 2. The lowest BCUT2D eigenvalue weighted by Gasteiger charge is -2.39. The number of rotatable bonds is 4. The predicted molar refractivity (Wildman–Crippen MR) is 151 cm³/mol. The fourth-order valence-corrected chi connectivity index (χ4v) is 7.70. The molecule has 1 spiro atoms. The van der Waals surface area contributed by atoms with Crippen molar-refractivity contribution >= 4 is 51.7 Å². The van der Waals surface area contributed by atoms with Gasteiger partial charge in [-0.3, -0.25) is 9.69 Å². The Labute approximate surface area is 251 Å². The van der Waals surface area contributed by atoms with Crippen LogP contribution in [0.2, 0.25) is 10.0 Å². The molecule has 13 heteroatoms. The number of halogens is 5. The number of nitrogens with zero attached hydrogens (tertiary/aromatic N) is 3. The molecule has 8 rings (SSSR count). The first kappa shape index (κ1) is 26.8. The van der Waals surface area contributed by atoms with E-state index in [4.69, 9.17) is 33.0 Å². The van der Waals surface area contributed by atoms with E-state index in [-0.39, 0.29) is 35.7 Å². The van der Waals surface area contributed by atoms with Crippen molar-refractivity contribution in [3.63, 3.8) is 0 Å². The van der Waals surface area contributed by atoms with Gasteiger partial charge in [0.05, 0.1) is 33.6 Å². The lowest BCUT2D eigenvalue weighted by atomic mass is 9.73. The van der Waals surface area contributed by atoms with Crippen LogP contribution in [0, 0.1) is 11.7 Å².